The van der Waals surface area contributed by atoms with Gasteiger partial charge in [-0.3, -0.25) is 4.79 Å². The molecule has 2 unspecified atom stereocenters. The zero-order chi connectivity index (χ0) is 23.7. The van der Waals surface area contributed by atoms with Crippen molar-refractivity contribution in [2.24, 2.45) is 22.2 Å². The van der Waals surface area contributed by atoms with Gasteiger partial charge in [-0.15, -0.1) is 0 Å². The van der Waals surface area contributed by atoms with E-state index in [0.29, 0.717) is 19.8 Å². The fourth-order valence-electron chi connectivity index (χ4n) is 3.25. The van der Waals surface area contributed by atoms with Gasteiger partial charge >= 0.3 is 5.97 Å². The quantitative estimate of drug-likeness (QED) is 0.222. The zero-order valence-electron chi connectivity index (χ0n) is 21.5. The van der Waals surface area contributed by atoms with Gasteiger partial charge in [-0.2, -0.15) is 0 Å². The van der Waals surface area contributed by atoms with Gasteiger partial charge in [-0.1, -0.05) is 48.5 Å². The van der Waals surface area contributed by atoms with E-state index in [1.165, 1.54) is 0 Å². The monoisotopic (exact) mass is 444 g/mol. The first-order chi connectivity index (χ1) is 14.2. The van der Waals surface area contributed by atoms with Crippen molar-refractivity contribution in [3.05, 3.63) is 0 Å². The van der Waals surface area contributed by atoms with E-state index in [0.717, 1.165) is 25.7 Å². The maximum absolute atomic E-state index is 12.4. The highest BCUT2D eigenvalue weighted by molar-refractivity contribution is 5.75. The van der Waals surface area contributed by atoms with Crippen molar-refractivity contribution >= 4 is 5.97 Å². The van der Waals surface area contributed by atoms with Gasteiger partial charge < -0.3 is 23.7 Å². The fraction of sp³-hybridized carbons (Fsp3) is 0.960. The number of carbonyl (C=O) groups excluding carboxylic acids is 1. The van der Waals surface area contributed by atoms with E-state index in [9.17, 15) is 4.79 Å². The van der Waals surface area contributed by atoms with Crippen molar-refractivity contribution in [2.75, 3.05) is 33.4 Å². The molecule has 6 heteroatoms. The predicted octanol–water partition coefficient (Wildman–Crippen LogP) is 5.58. The van der Waals surface area contributed by atoms with Gasteiger partial charge in [0.05, 0.1) is 37.4 Å². The summed E-state index contributed by atoms with van der Waals surface area (Å²) >= 11 is 0. The van der Waals surface area contributed by atoms with E-state index in [1.807, 2.05) is 20.8 Å². The lowest BCUT2D eigenvalue weighted by Crippen LogP contribution is -2.37. The Morgan fingerprint density at radius 2 is 1.23 bits per heavy atom. The van der Waals surface area contributed by atoms with Crippen molar-refractivity contribution in [3.63, 3.8) is 0 Å². The van der Waals surface area contributed by atoms with Crippen LogP contribution in [0.2, 0.25) is 0 Å². The highest BCUT2D eigenvalue weighted by Gasteiger charge is 2.33. The van der Waals surface area contributed by atoms with Crippen molar-refractivity contribution < 1.29 is 28.5 Å². The number of carbonyl (C=O) groups is 1. The molecule has 1 aliphatic rings. The molecule has 1 saturated carbocycles. The van der Waals surface area contributed by atoms with E-state index < -0.39 is 5.41 Å². The predicted molar refractivity (Wildman–Crippen MR) is 123 cm³/mol. The number of hydrogen-bond donors (Lipinski definition) is 0. The minimum atomic E-state index is -0.456. The molecule has 0 aromatic carbocycles. The third-order valence-electron chi connectivity index (χ3n) is 5.45. The van der Waals surface area contributed by atoms with E-state index >= 15 is 0 Å². The van der Waals surface area contributed by atoms with Crippen molar-refractivity contribution in [3.8, 4) is 0 Å². The molecule has 184 valence electrons. The summed E-state index contributed by atoms with van der Waals surface area (Å²) in [5, 5.41) is 0. The van der Waals surface area contributed by atoms with Gasteiger partial charge in [-0.25, -0.2) is 0 Å². The number of ether oxygens (including phenoxy) is 5. The van der Waals surface area contributed by atoms with Crippen LogP contribution in [0.25, 0.3) is 0 Å². The highest BCUT2D eigenvalue weighted by atomic mass is 16.7. The van der Waals surface area contributed by atoms with Gasteiger partial charge in [0.1, 0.15) is 13.6 Å². The van der Waals surface area contributed by atoms with Crippen molar-refractivity contribution in [1.29, 1.82) is 0 Å². The molecule has 0 saturated heterocycles. The lowest BCUT2D eigenvalue weighted by Gasteiger charge is -2.35. The van der Waals surface area contributed by atoms with Gasteiger partial charge in [-0.05, 0) is 49.9 Å². The van der Waals surface area contributed by atoms with Gasteiger partial charge in [0.25, 0.3) is 0 Å². The Morgan fingerprint density at radius 3 is 1.61 bits per heavy atom. The first kappa shape index (κ1) is 28.3. The molecule has 1 aliphatic carbocycles. The van der Waals surface area contributed by atoms with E-state index in [-0.39, 0.29) is 48.5 Å². The molecule has 0 radical (unpaired) electrons. The molecule has 1 rings (SSSR count). The maximum Gasteiger partial charge on any atom is 0.311 e. The smallest absolute Gasteiger partial charge is 0.311 e. The minimum Gasteiger partial charge on any atom is -0.465 e. The SMILES string of the molecule is CCC(C)(C)C(=O)OCC1CC(OCOCC(C)(C)C)CC(OCOCC(C)(C)C)C1. The van der Waals surface area contributed by atoms with E-state index in [4.69, 9.17) is 23.7 Å². The summed E-state index contributed by atoms with van der Waals surface area (Å²) in [5.41, 5.74) is -0.244. The van der Waals surface area contributed by atoms with Crippen LogP contribution in [-0.4, -0.2) is 51.6 Å². The second-order valence-electron chi connectivity index (χ2n) is 12.0. The molecule has 1 fully saturated rings. The minimum absolute atomic E-state index is 0.0178. The van der Waals surface area contributed by atoms with Gasteiger partial charge in [0.15, 0.2) is 0 Å². The molecule has 2 atom stereocenters. The standard InChI is InChI=1S/C25H48O6/c1-10-25(8,9)22(26)29-14-19-11-20(30-17-27-15-23(2,3)4)13-21(12-19)31-18-28-16-24(5,6)7/h19-21H,10-18H2,1-9H3. The van der Waals surface area contributed by atoms with Crippen molar-refractivity contribution in [1.82, 2.24) is 0 Å². The second-order valence-corrected chi connectivity index (χ2v) is 12.0. The first-order valence-electron chi connectivity index (χ1n) is 11.8. The molecule has 0 bridgehead atoms. The fourth-order valence-corrected chi connectivity index (χ4v) is 3.25. The van der Waals surface area contributed by atoms with Crippen LogP contribution >= 0.6 is 0 Å². The molecule has 0 heterocycles. The Bertz CT molecular complexity index is 487. The summed E-state index contributed by atoms with van der Waals surface area (Å²) in [4.78, 5) is 12.4. The molecule has 0 amide bonds. The van der Waals surface area contributed by atoms with E-state index in [2.05, 4.69) is 41.5 Å². The number of hydrogen-bond acceptors (Lipinski definition) is 6. The van der Waals surface area contributed by atoms with Crippen LogP contribution in [0.1, 0.15) is 88.0 Å². The topological polar surface area (TPSA) is 63.2 Å². The van der Waals surface area contributed by atoms with Gasteiger partial charge in [0, 0.05) is 6.42 Å². The second kappa shape index (κ2) is 12.5. The Morgan fingerprint density at radius 1 is 0.774 bits per heavy atom. The molecule has 0 aromatic rings. The summed E-state index contributed by atoms with van der Waals surface area (Å²) in [6, 6.07) is 0. The molecule has 0 N–H and O–H groups in total. The van der Waals surface area contributed by atoms with Crippen molar-refractivity contribution in [2.45, 2.75) is 100 Å². The molecule has 0 aliphatic heterocycles. The third-order valence-corrected chi connectivity index (χ3v) is 5.45. The zero-order valence-corrected chi connectivity index (χ0v) is 21.5. The van der Waals surface area contributed by atoms with Crippen LogP contribution in [0.4, 0.5) is 0 Å². The molecular formula is C25H48O6. The lowest BCUT2D eigenvalue weighted by molar-refractivity contribution is -0.169. The largest absolute Gasteiger partial charge is 0.465 e. The van der Waals surface area contributed by atoms with Crippen LogP contribution < -0.4 is 0 Å². The van der Waals surface area contributed by atoms with E-state index in [1.54, 1.807) is 0 Å². The van der Waals surface area contributed by atoms with Gasteiger partial charge in [0.2, 0.25) is 0 Å². The Hall–Kier alpha value is -0.690. The number of esters is 1. The van der Waals surface area contributed by atoms with Crippen LogP contribution in [0, 0.1) is 22.2 Å². The normalized spacial score (nSPS) is 23.1. The summed E-state index contributed by atoms with van der Waals surface area (Å²) in [5.74, 6) is 0.0584. The van der Waals surface area contributed by atoms with Crippen LogP contribution in [-0.2, 0) is 28.5 Å². The lowest BCUT2D eigenvalue weighted by atomic mass is 9.85. The summed E-state index contributed by atoms with van der Waals surface area (Å²) in [6.45, 7) is 20.9. The number of rotatable bonds is 12. The average Bonchev–Trinajstić information content (AvgIpc) is 2.65. The molecule has 0 spiro atoms. The molecule has 0 aromatic heterocycles. The summed E-state index contributed by atoms with van der Waals surface area (Å²) in [7, 11) is 0. The molecule has 6 nitrogen and oxygen atoms in total. The Labute approximate surface area is 190 Å². The summed E-state index contributed by atoms with van der Waals surface area (Å²) < 4.78 is 29.1. The molecule has 31 heavy (non-hydrogen) atoms. The first-order valence-corrected chi connectivity index (χ1v) is 11.8. The van der Waals surface area contributed by atoms with Crippen LogP contribution in [0.15, 0.2) is 0 Å². The Balaban J connectivity index is 2.57. The Kier molecular flexibility index (Phi) is 11.4. The van der Waals surface area contributed by atoms with Crippen LogP contribution in [0.5, 0.6) is 0 Å². The average molecular weight is 445 g/mol. The third kappa shape index (κ3) is 12.8. The highest BCUT2D eigenvalue weighted by Crippen LogP contribution is 2.30. The molecular weight excluding hydrogens is 396 g/mol. The van der Waals surface area contributed by atoms with Crippen LogP contribution in [0.3, 0.4) is 0 Å². The maximum atomic E-state index is 12.4. The summed E-state index contributed by atoms with van der Waals surface area (Å²) in [6.07, 6.45) is 3.25.